The quantitative estimate of drug-likeness (QED) is 0.657. The van der Waals surface area contributed by atoms with Crippen LogP contribution in [0.3, 0.4) is 0 Å². The first-order valence-electron chi connectivity index (χ1n) is 6.78. The number of rotatable bonds is 8. The van der Waals surface area contributed by atoms with E-state index in [1.165, 1.54) is 37.7 Å². The summed E-state index contributed by atoms with van der Waals surface area (Å²) < 4.78 is 0. The highest BCUT2D eigenvalue weighted by Crippen LogP contribution is 2.23. The Hall–Kier alpha value is -0.240. The summed E-state index contributed by atoms with van der Waals surface area (Å²) in [6.45, 7) is 2.24. The third-order valence-electron chi connectivity index (χ3n) is 3.30. The topological polar surface area (TPSA) is 12.0 Å². The van der Waals surface area contributed by atoms with E-state index in [1.54, 1.807) is 0 Å². The lowest BCUT2D eigenvalue weighted by atomic mass is 10.00. The molecule has 1 rings (SSSR count). The van der Waals surface area contributed by atoms with Crippen molar-refractivity contribution in [2.75, 3.05) is 7.05 Å². The summed E-state index contributed by atoms with van der Waals surface area (Å²) in [5.74, 6) is 0. The Kier molecular flexibility index (Phi) is 7.73. The van der Waals surface area contributed by atoms with E-state index < -0.39 is 0 Å². The van der Waals surface area contributed by atoms with Crippen molar-refractivity contribution in [3.05, 3.63) is 33.8 Å². The van der Waals surface area contributed by atoms with Crippen molar-refractivity contribution in [1.29, 1.82) is 0 Å². The van der Waals surface area contributed by atoms with E-state index in [1.807, 2.05) is 25.2 Å². The molecule has 0 spiro atoms. The van der Waals surface area contributed by atoms with Gasteiger partial charge in [0.1, 0.15) is 0 Å². The zero-order chi connectivity index (χ0) is 13.4. The lowest BCUT2D eigenvalue weighted by molar-refractivity contribution is 0.485. The second kappa shape index (κ2) is 8.79. The molecule has 0 heterocycles. The van der Waals surface area contributed by atoms with E-state index in [4.69, 9.17) is 23.2 Å². The number of halogens is 2. The zero-order valence-electron chi connectivity index (χ0n) is 11.3. The fraction of sp³-hybridized carbons (Fsp3) is 0.600. The molecule has 102 valence electrons. The predicted octanol–water partition coefficient (Wildman–Crippen LogP) is 5.09. The molecule has 1 atom stereocenters. The number of hydrogen-bond acceptors (Lipinski definition) is 1. The first kappa shape index (κ1) is 15.8. The van der Waals surface area contributed by atoms with Crippen LogP contribution in [-0.4, -0.2) is 13.1 Å². The Labute approximate surface area is 121 Å². The maximum Gasteiger partial charge on any atom is 0.0453 e. The molecule has 0 saturated heterocycles. The van der Waals surface area contributed by atoms with E-state index in [9.17, 15) is 0 Å². The number of likely N-dealkylation sites (N-methyl/N-ethyl adjacent to an activating group) is 1. The average Bonchev–Trinajstić information content (AvgIpc) is 2.35. The van der Waals surface area contributed by atoms with Gasteiger partial charge in [-0.2, -0.15) is 0 Å². The van der Waals surface area contributed by atoms with Crippen molar-refractivity contribution in [1.82, 2.24) is 5.32 Å². The summed E-state index contributed by atoms with van der Waals surface area (Å²) >= 11 is 12.1. The van der Waals surface area contributed by atoms with Crippen molar-refractivity contribution in [3.8, 4) is 0 Å². The second-order valence-corrected chi connectivity index (χ2v) is 5.62. The molecule has 1 aromatic carbocycles. The van der Waals surface area contributed by atoms with Crippen molar-refractivity contribution in [2.24, 2.45) is 0 Å². The van der Waals surface area contributed by atoms with E-state index >= 15 is 0 Å². The van der Waals surface area contributed by atoms with Crippen LogP contribution in [0.2, 0.25) is 10.0 Å². The van der Waals surface area contributed by atoms with Crippen molar-refractivity contribution in [3.63, 3.8) is 0 Å². The maximum atomic E-state index is 6.20. The van der Waals surface area contributed by atoms with E-state index in [2.05, 4.69) is 12.2 Å². The standard InChI is InChI=1S/C15H23Cl2N/c1-3-4-5-6-7-14(18-2)10-12-8-9-13(16)11-15(12)17/h8-9,11,14,18H,3-7,10H2,1-2H3. The summed E-state index contributed by atoms with van der Waals surface area (Å²) in [5.41, 5.74) is 1.18. The van der Waals surface area contributed by atoms with Gasteiger partial charge < -0.3 is 5.32 Å². The molecule has 0 radical (unpaired) electrons. The smallest absolute Gasteiger partial charge is 0.0453 e. The van der Waals surface area contributed by atoms with Crippen LogP contribution in [0.1, 0.15) is 44.6 Å². The minimum absolute atomic E-state index is 0.500. The molecule has 0 aliphatic heterocycles. The van der Waals surface area contributed by atoms with Gasteiger partial charge >= 0.3 is 0 Å². The molecule has 0 aliphatic carbocycles. The summed E-state index contributed by atoms with van der Waals surface area (Å²) in [7, 11) is 2.02. The van der Waals surface area contributed by atoms with Crippen LogP contribution in [0.25, 0.3) is 0 Å². The predicted molar refractivity (Wildman–Crippen MR) is 81.8 cm³/mol. The molecule has 0 fully saturated rings. The molecular weight excluding hydrogens is 265 g/mol. The maximum absolute atomic E-state index is 6.20. The van der Waals surface area contributed by atoms with E-state index in [-0.39, 0.29) is 0 Å². The molecule has 0 saturated carbocycles. The molecule has 1 unspecified atom stereocenters. The first-order chi connectivity index (χ1) is 8.67. The lowest BCUT2D eigenvalue weighted by Crippen LogP contribution is -2.27. The fourth-order valence-electron chi connectivity index (χ4n) is 2.12. The van der Waals surface area contributed by atoms with Gasteiger partial charge in [0.05, 0.1) is 0 Å². The Morgan fingerprint density at radius 1 is 1.17 bits per heavy atom. The SMILES string of the molecule is CCCCCCC(Cc1ccc(Cl)cc1Cl)NC. The molecule has 1 nitrogen and oxygen atoms in total. The molecule has 0 aliphatic rings. The molecule has 18 heavy (non-hydrogen) atoms. The largest absolute Gasteiger partial charge is 0.317 e. The molecule has 3 heteroatoms. The number of unbranched alkanes of at least 4 members (excludes halogenated alkanes) is 3. The summed E-state index contributed by atoms with van der Waals surface area (Å²) in [6, 6.07) is 6.26. The van der Waals surface area contributed by atoms with Crippen LogP contribution in [-0.2, 0) is 6.42 Å². The van der Waals surface area contributed by atoms with Gasteiger partial charge in [0.15, 0.2) is 0 Å². The third-order valence-corrected chi connectivity index (χ3v) is 3.88. The van der Waals surface area contributed by atoms with Gasteiger partial charge in [0, 0.05) is 16.1 Å². The van der Waals surface area contributed by atoms with Gasteiger partial charge in [-0.1, -0.05) is 61.9 Å². The highest BCUT2D eigenvalue weighted by atomic mass is 35.5. The summed E-state index contributed by atoms with van der Waals surface area (Å²) in [5, 5.41) is 4.85. The van der Waals surface area contributed by atoms with E-state index in [0.717, 1.165) is 11.4 Å². The van der Waals surface area contributed by atoms with Crippen LogP contribution < -0.4 is 5.32 Å². The van der Waals surface area contributed by atoms with Crippen LogP contribution in [0.4, 0.5) is 0 Å². The van der Waals surface area contributed by atoms with Gasteiger partial charge in [-0.15, -0.1) is 0 Å². The summed E-state index contributed by atoms with van der Waals surface area (Å²) in [6.07, 6.45) is 7.40. The second-order valence-electron chi connectivity index (χ2n) is 4.77. The molecule has 0 bridgehead atoms. The molecule has 1 aromatic rings. The van der Waals surface area contributed by atoms with E-state index in [0.29, 0.717) is 11.1 Å². The van der Waals surface area contributed by atoms with Crippen LogP contribution in [0, 0.1) is 0 Å². The lowest BCUT2D eigenvalue weighted by Gasteiger charge is -2.17. The number of benzene rings is 1. The Balaban J connectivity index is 2.46. The Morgan fingerprint density at radius 2 is 1.94 bits per heavy atom. The summed E-state index contributed by atoms with van der Waals surface area (Å²) in [4.78, 5) is 0. The van der Waals surface area contributed by atoms with Gasteiger partial charge in [0.25, 0.3) is 0 Å². The highest BCUT2D eigenvalue weighted by Gasteiger charge is 2.09. The number of nitrogens with one attached hydrogen (secondary N) is 1. The minimum Gasteiger partial charge on any atom is -0.317 e. The van der Waals surface area contributed by atoms with Crippen molar-refractivity contribution >= 4 is 23.2 Å². The Bertz CT molecular complexity index is 352. The molecule has 0 amide bonds. The van der Waals surface area contributed by atoms with Gasteiger partial charge in [-0.3, -0.25) is 0 Å². The zero-order valence-corrected chi connectivity index (χ0v) is 12.8. The van der Waals surface area contributed by atoms with Crippen molar-refractivity contribution in [2.45, 2.75) is 51.5 Å². The fourth-order valence-corrected chi connectivity index (χ4v) is 2.60. The average molecular weight is 288 g/mol. The number of hydrogen-bond donors (Lipinski definition) is 1. The monoisotopic (exact) mass is 287 g/mol. The first-order valence-corrected chi connectivity index (χ1v) is 7.54. The molecular formula is C15H23Cl2N. The molecule has 0 aromatic heterocycles. The van der Waals surface area contributed by atoms with Gasteiger partial charge in [-0.05, 0) is 37.6 Å². The molecule has 1 N–H and O–H groups in total. The normalized spacial score (nSPS) is 12.7. The van der Waals surface area contributed by atoms with Crippen LogP contribution >= 0.6 is 23.2 Å². The van der Waals surface area contributed by atoms with Gasteiger partial charge in [0.2, 0.25) is 0 Å². The highest BCUT2D eigenvalue weighted by molar-refractivity contribution is 6.35. The van der Waals surface area contributed by atoms with Crippen LogP contribution in [0.5, 0.6) is 0 Å². The third kappa shape index (κ3) is 5.60. The Morgan fingerprint density at radius 3 is 2.56 bits per heavy atom. The minimum atomic E-state index is 0.500. The van der Waals surface area contributed by atoms with Crippen molar-refractivity contribution < 1.29 is 0 Å². The van der Waals surface area contributed by atoms with Crippen LogP contribution in [0.15, 0.2) is 18.2 Å². The van der Waals surface area contributed by atoms with Gasteiger partial charge in [-0.25, -0.2) is 0 Å².